The van der Waals surface area contributed by atoms with E-state index in [2.05, 4.69) is 29.0 Å². The lowest BCUT2D eigenvalue weighted by Gasteiger charge is -2.32. The smallest absolute Gasteiger partial charge is 0.257 e. The summed E-state index contributed by atoms with van der Waals surface area (Å²) in [4.78, 5) is 6.64. The highest BCUT2D eigenvalue weighted by molar-refractivity contribution is 5.01. The maximum Gasteiger partial charge on any atom is 0.257 e. The standard InChI is InChI=1S/C14H19N3O3/c1-10-8-17(2)9-12(19-10)14-15-13(16-20-14)6-5-11-4-3-7-18-11/h3-4,7,10,12H,5-6,8-9H2,1-2H3/t10-,12-/m1/s1. The van der Waals surface area contributed by atoms with Crippen LogP contribution in [0.1, 0.15) is 30.5 Å². The van der Waals surface area contributed by atoms with Gasteiger partial charge in [0.15, 0.2) is 5.82 Å². The SMILES string of the molecule is C[C@@H]1CN(C)C[C@H](c2nc(CCc3ccco3)no2)O1. The average molecular weight is 277 g/mol. The van der Waals surface area contributed by atoms with Crippen LogP contribution in [0.15, 0.2) is 27.3 Å². The van der Waals surface area contributed by atoms with Gasteiger partial charge < -0.3 is 18.6 Å². The van der Waals surface area contributed by atoms with E-state index in [-0.39, 0.29) is 12.2 Å². The van der Waals surface area contributed by atoms with Crippen molar-refractivity contribution in [3.63, 3.8) is 0 Å². The molecule has 0 aliphatic carbocycles. The van der Waals surface area contributed by atoms with Crippen LogP contribution in [0.3, 0.4) is 0 Å². The first kappa shape index (κ1) is 13.3. The summed E-state index contributed by atoms with van der Waals surface area (Å²) in [6, 6.07) is 3.83. The Balaban J connectivity index is 1.61. The van der Waals surface area contributed by atoms with E-state index in [0.717, 1.165) is 25.3 Å². The predicted octanol–water partition coefficient (Wildman–Crippen LogP) is 1.84. The molecule has 3 rings (SSSR count). The Morgan fingerprint density at radius 3 is 3.00 bits per heavy atom. The van der Waals surface area contributed by atoms with Gasteiger partial charge in [-0.05, 0) is 26.1 Å². The van der Waals surface area contributed by atoms with Gasteiger partial charge in [0.05, 0.1) is 12.4 Å². The van der Waals surface area contributed by atoms with Gasteiger partial charge in [-0.2, -0.15) is 4.98 Å². The normalized spacial score (nSPS) is 24.1. The lowest BCUT2D eigenvalue weighted by atomic mass is 10.2. The van der Waals surface area contributed by atoms with Gasteiger partial charge in [-0.3, -0.25) is 0 Å². The minimum Gasteiger partial charge on any atom is -0.469 e. The maximum absolute atomic E-state index is 5.85. The number of furan rings is 1. The lowest BCUT2D eigenvalue weighted by molar-refractivity contribution is -0.0838. The number of hydrogen-bond acceptors (Lipinski definition) is 6. The van der Waals surface area contributed by atoms with Crippen LogP contribution in [-0.2, 0) is 17.6 Å². The van der Waals surface area contributed by atoms with Gasteiger partial charge in [0.1, 0.15) is 11.9 Å². The largest absolute Gasteiger partial charge is 0.469 e. The van der Waals surface area contributed by atoms with Crippen molar-refractivity contribution in [2.45, 2.75) is 32.0 Å². The Labute approximate surface area is 117 Å². The summed E-state index contributed by atoms with van der Waals surface area (Å²) in [5.41, 5.74) is 0. The maximum atomic E-state index is 5.85. The lowest BCUT2D eigenvalue weighted by Crippen LogP contribution is -2.40. The molecule has 1 aliphatic heterocycles. The molecule has 0 unspecified atom stereocenters. The van der Waals surface area contributed by atoms with Crippen LogP contribution in [0.25, 0.3) is 0 Å². The van der Waals surface area contributed by atoms with Crippen molar-refractivity contribution in [2.75, 3.05) is 20.1 Å². The fourth-order valence-electron chi connectivity index (χ4n) is 2.49. The zero-order chi connectivity index (χ0) is 13.9. The second kappa shape index (κ2) is 5.76. The molecule has 0 bridgehead atoms. The van der Waals surface area contributed by atoms with Gasteiger partial charge >= 0.3 is 0 Å². The van der Waals surface area contributed by atoms with Gasteiger partial charge in [-0.25, -0.2) is 0 Å². The molecule has 108 valence electrons. The molecular formula is C14H19N3O3. The molecular weight excluding hydrogens is 258 g/mol. The number of aromatic nitrogens is 2. The van der Waals surface area contributed by atoms with Crippen molar-refractivity contribution in [1.29, 1.82) is 0 Å². The van der Waals surface area contributed by atoms with Gasteiger partial charge in [0, 0.05) is 25.9 Å². The van der Waals surface area contributed by atoms with Crippen LogP contribution < -0.4 is 0 Å². The molecule has 0 aromatic carbocycles. The van der Waals surface area contributed by atoms with Crippen molar-refractivity contribution in [1.82, 2.24) is 15.0 Å². The molecule has 0 saturated carbocycles. The predicted molar refractivity (Wildman–Crippen MR) is 71.2 cm³/mol. The minimum absolute atomic E-state index is 0.131. The summed E-state index contributed by atoms with van der Waals surface area (Å²) in [5.74, 6) is 2.19. The van der Waals surface area contributed by atoms with E-state index in [1.54, 1.807) is 6.26 Å². The van der Waals surface area contributed by atoms with E-state index >= 15 is 0 Å². The van der Waals surface area contributed by atoms with Gasteiger partial charge in [0.25, 0.3) is 5.89 Å². The number of morpholine rings is 1. The molecule has 6 heteroatoms. The topological polar surface area (TPSA) is 64.5 Å². The quantitative estimate of drug-likeness (QED) is 0.849. The molecule has 1 fully saturated rings. The number of aryl methyl sites for hydroxylation is 2. The van der Waals surface area contributed by atoms with Crippen molar-refractivity contribution >= 4 is 0 Å². The third kappa shape index (κ3) is 3.08. The van der Waals surface area contributed by atoms with E-state index in [1.165, 1.54) is 0 Å². The summed E-state index contributed by atoms with van der Waals surface area (Å²) >= 11 is 0. The van der Waals surface area contributed by atoms with Crippen molar-refractivity contribution < 1.29 is 13.7 Å². The molecule has 0 amide bonds. The Morgan fingerprint density at radius 1 is 1.35 bits per heavy atom. The van der Waals surface area contributed by atoms with Gasteiger partial charge in [0.2, 0.25) is 0 Å². The summed E-state index contributed by atoms with van der Waals surface area (Å²) in [7, 11) is 2.07. The van der Waals surface area contributed by atoms with E-state index in [1.807, 2.05) is 12.1 Å². The van der Waals surface area contributed by atoms with E-state index < -0.39 is 0 Å². The first-order chi connectivity index (χ1) is 9.70. The molecule has 0 radical (unpaired) electrons. The monoisotopic (exact) mass is 277 g/mol. The fraction of sp³-hybridized carbons (Fsp3) is 0.571. The van der Waals surface area contributed by atoms with Gasteiger partial charge in [-0.15, -0.1) is 0 Å². The Morgan fingerprint density at radius 2 is 2.25 bits per heavy atom. The summed E-state index contributed by atoms with van der Waals surface area (Å²) < 4.78 is 16.5. The highest BCUT2D eigenvalue weighted by Gasteiger charge is 2.28. The summed E-state index contributed by atoms with van der Waals surface area (Å²) in [5, 5.41) is 4.01. The molecule has 2 aromatic heterocycles. The van der Waals surface area contributed by atoms with Crippen LogP contribution in [0.5, 0.6) is 0 Å². The Bertz CT molecular complexity index is 528. The molecule has 2 aromatic rings. The number of hydrogen-bond donors (Lipinski definition) is 0. The summed E-state index contributed by atoms with van der Waals surface area (Å²) in [6.45, 7) is 3.76. The second-order valence-electron chi connectivity index (χ2n) is 5.28. The number of nitrogens with zero attached hydrogens (tertiary/aromatic N) is 3. The molecule has 0 N–H and O–H groups in total. The Kier molecular flexibility index (Phi) is 3.84. The van der Waals surface area contributed by atoms with E-state index in [4.69, 9.17) is 13.7 Å². The van der Waals surface area contributed by atoms with Crippen LogP contribution in [0.4, 0.5) is 0 Å². The van der Waals surface area contributed by atoms with E-state index in [9.17, 15) is 0 Å². The van der Waals surface area contributed by atoms with E-state index in [0.29, 0.717) is 18.1 Å². The van der Waals surface area contributed by atoms with Crippen molar-refractivity contribution in [3.05, 3.63) is 35.9 Å². The van der Waals surface area contributed by atoms with Crippen LogP contribution in [0, 0.1) is 0 Å². The zero-order valence-electron chi connectivity index (χ0n) is 11.8. The van der Waals surface area contributed by atoms with Crippen molar-refractivity contribution in [2.24, 2.45) is 0 Å². The number of ether oxygens (including phenoxy) is 1. The summed E-state index contributed by atoms with van der Waals surface area (Å²) in [6.07, 6.45) is 3.19. The fourth-order valence-corrected chi connectivity index (χ4v) is 2.49. The van der Waals surface area contributed by atoms with Crippen LogP contribution >= 0.6 is 0 Å². The molecule has 20 heavy (non-hydrogen) atoms. The zero-order valence-corrected chi connectivity index (χ0v) is 11.8. The van der Waals surface area contributed by atoms with Gasteiger partial charge in [-0.1, -0.05) is 5.16 Å². The third-order valence-corrected chi connectivity index (χ3v) is 3.38. The first-order valence-corrected chi connectivity index (χ1v) is 6.89. The molecule has 0 spiro atoms. The minimum atomic E-state index is -0.131. The average Bonchev–Trinajstić information content (AvgIpc) is 3.07. The Hall–Kier alpha value is -1.66. The van der Waals surface area contributed by atoms with Crippen LogP contribution in [0.2, 0.25) is 0 Å². The van der Waals surface area contributed by atoms with Crippen molar-refractivity contribution in [3.8, 4) is 0 Å². The highest BCUT2D eigenvalue weighted by Crippen LogP contribution is 2.23. The first-order valence-electron chi connectivity index (χ1n) is 6.89. The highest BCUT2D eigenvalue weighted by atomic mass is 16.5. The molecule has 2 atom stereocenters. The molecule has 1 aliphatic rings. The second-order valence-corrected chi connectivity index (χ2v) is 5.28. The van der Waals surface area contributed by atoms with Crippen LogP contribution in [-0.4, -0.2) is 41.3 Å². The molecule has 3 heterocycles. The third-order valence-electron chi connectivity index (χ3n) is 3.38. The molecule has 6 nitrogen and oxygen atoms in total. The molecule has 1 saturated heterocycles. The number of likely N-dealkylation sites (N-methyl/N-ethyl adjacent to an activating group) is 1. The number of rotatable bonds is 4.